The summed E-state index contributed by atoms with van der Waals surface area (Å²) in [7, 11) is 0. The predicted molar refractivity (Wildman–Crippen MR) is 119 cm³/mol. The second-order valence-electron chi connectivity index (χ2n) is 7.09. The van der Waals surface area contributed by atoms with Gasteiger partial charge >= 0.3 is 11.9 Å². The normalized spacial score (nSPS) is 11.1. The van der Waals surface area contributed by atoms with Crippen molar-refractivity contribution in [1.29, 1.82) is 0 Å². The van der Waals surface area contributed by atoms with Crippen molar-refractivity contribution in [2.45, 2.75) is 13.1 Å². The molecule has 32 heavy (non-hydrogen) atoms. The van der Waals surface area contributed by atoms with Gasteiger partial charge < -0.3 is 20.2 Å². The number of hydrogen-bond acceptors (Lipinski definition) is 5. The lowest BCUT2D eigenvalue weighted by molar-refractivity contribution is -0.146. The summed E-state index contributed by atoms with van der Waals surface area (Å²) in [5.74, 6) is -4.30. The number of carboxylic acid groups (broad SMARTS) is 2. The van der Waals surface area contributed by atoms with Gasteiger partial charge in [0.1, 0.15) is 5.76 Å². The highest BCUT2D eigenvalue weighted by Gasteiger charge is 2.14. The molecule has 0 saturated heterocycles. The Balaban J connectivity index is 1.93. The Morgan fingerprint density at radius 3 is 1.94 bits per heavy atom. The average Bonchev–Trinajstić information content (AvgIpc) is 2.79. The van der Waals surface area contributed by atoms with Gasteiger partial charge in [-0.05, 0) is 35.4 Å². The topological polar surface area (TPSA) is 115 Å². The van der Waals surface area contributed by atoms with Crippen LogP contribution in [0.3, 0.4) is 0 Å². The second kappa shape index (κ2) is 10.1. The molecule has 7 heteroatoms. The highest BCUT2D eigenvalue weighted by Crippen LogP contribution is 2.24. The van der Waals surface area contributed by atoms with Crippen LogP contribution < -0.4 is 4.90 Å². The minimum atomic E-state index is -1.65. The van der Waals surface area contributed by atoms with Gasteiger partial charge in [0.05, 0.1) is 5.56 Å². The third kappa shape index (κ3) is 5.82. The molecule has 162 valence electrons. The van der Waals surface area contributed by atoms with Crippen molar-refractivity contribution in [3.8, 4) is 0 Å². The van der Waals surface area contributed by atoms with E-state index in [0.717, 1.165) is 16.8 Å². The zero-order valence-electron chi connectivity index (χ0n) is 17.0. The minimum Gasteiger partial charge on any atom is -0.507 e. The van der Waals surface area contributed by atoms with E-state index in [4.69, 9.17) is 10.2 Å². The third-order valence-electron chi connectivity index (χ3n) is 4.78. The Labute approximate surface area is 184 Å². The molecule has 0 amide bonds. The lowest BCUT2D eigenvalue weighted by Gasteiger charge is -2.26. The van der Waals surface area contributed by atoms with E-state index in [-0.39, 0.29) is 5.56 Å². The number of aliphatic hydroxyl groups excluding tert-OH is 1. The van der Waals surface area contributed by atoms with Crippen molar-refractivity contribution in [1.82, 2.24) is 0 Å². The first-order chi connectivity index (χ1) is 15.3. The molecule has 0 aliphatic rings. The van der Waals surface area contributed by atoms with E-state index in [0.29, 0.717) is 24.7 Å². The molecule has 0 bridgehead atoms. The molecule has 3 rings (SSSR count). The summed E-state index contributed by atoms with van der Waals surface area (Å²) < 4.78 is 0. The van der Waals surface area contributed by atoms with Crippen molar-refractivity contribution >= 4 is 29.2 Å². The fraction of sp³-hybridized carbons (Fsp3) is 0.0800. The highest BCUT2D eigenvalue weighted by molar-refractivity contribution is 6.38. The fourth-order valence-corrected chi connectivity index (χ4v) is 3.15. The first-order valence-corrected chi connectivity index (χ1v) is 9.73. The SMILES string of the molecule is O=C(O)C(=O)/C=C(\O)c1cccc(N(Cc2ccccc2)Cc2ccc(C(=O)O)cc2)c1. The molecule has 7 nitrogen and oxygen atoms in total. The maximum atomic E-state index is 11.4. The highest BCUT2D eigenvalue weighted by atomic mass is 16.4. The molecule has 0 fully saturated rings. The van der Waals surface area contributed by atoms with Crippen LogP contribution in [-0.4, -0.2) is 33.0 Å². The molecule has 3 N–H and O–H groups in total. The van der Waals surface area contributed by atoms with Gasteiger partial charge in [0.15, 0.2) is 0 Å². The summed E-state index contributed by atoms with van der Waals surface area (Å²) in [5, 5.41) is 28.1. The molecule has 0 aromatic heterocycles. The molecular weight excluding hydrogens is 410 g/mol. The van der Waals surface area contributed by atoms with Gasteiger partial charge in [-0.2, -0.15) is 0 Å². The summed E-state index contributed by atoms with van der Waals surface area (Å²) in [6.45, 7) is 0.986. The van der Waals surface area contributed by atoms with Crippen molar-refractivity contribution in [2.24, 2.45) is 0 Å². The van der Waals surface area contributed by atoms with E-state index in [1.165, 1.54) is 0 Å². The predicted octanol–water partition coefficient (Wildman–Crippen LogP) is 4.14. The monoisotopic (exact) mass is 431 g/mol. The lowest BCUT2D eigenvalue weighted by Crippen LogP contribution is -2.22. The minimum absolute atomic E-state index is 0.198. The smallest absolute Gasteiger partial charge is 0.376 e. The van der Waals surface area contributed by atoms with E-state index in [2.05, 4.69) is 0 Å². The zero-order chi connectivity index (χ0) is 23.1. The summed E-state index contributed by atoms with van der Waals surface area (Å²) in [4.78, 5) is 35.3. The molecular formula is C25H21NO6. The van der Waals surface area contributed by atoms with Crippen LogP contribution in [0.4, 0.5) is 5.69 Å². The van der Waals surface area contributed by atoms with Crippen LogP contribution in [0.25, 0.3) is 5.76 Å². The number of carbonyl (C=O) groups is 3. The van der Waals surface area contributed by atoms with Gasteiger partial charge in [0.25, 0.3) is 5.78 Å². The lowest BCUT2D eigenvalue weighted by atomic mass is 10.1. The van der Waals surface area contributed by atoms with Gasteiger partial charge in [-0.25, -0.2) is 9.59 Å². The zero-order valence-corrected chi connectivity index (χ0v) is 17.0. The molecule has 0 spiro atoms. The second-order valence-corrected chi connectivity index (χ2v) is 7.09. The standard InChI is InChI=1S/C25H21NO6/c27-22(14-23(28)25(31)32)20-7-4-8-21(13-20)26(15-17-5-2-1-3-6-17)16-18-9-11-19(12-10-18)24(29)30/h1-14,27H,15-16H2,(H,29,30)(H,31,32)/b22-14-. The number of nitrogens with zero attached hydrogens (tertiary/aromatic N) is 1. The summed E-state index contributed by atoms with van der Waals surface area (Å²) >= 11 is 0. The van der Waals surface area contributed by atoms with Gasteiger partial charge in [0, 0.05) is 30.4 Å². The van der Waals surface area contributed by atoms with E-state index in [1.807, 2.05) is 41.3 Å². The summed E-state index contributed by atoms with van der Waals surface area (Å²) in [5.41, 5.74) is 3.16. The number of aliphatic hydroxyl groups is 1. The molecule has 0 saturated carbocycles. The number of ketones is 1. The van der Waals surface area contributed by atoms with Crippen LogP contribution in [0.5, 0.6) is 0 Å². The number of aliphatic carboxylic acids is 1. The molecule has 3 aromatic rings. The molecule has 0 unspecified atom stereocenters. The van der Waals surface area contributed by atoms with Gasteiger partial charge in [0.2, 0.25) is 0 Å². The average molecular weight is 431 g/mol. The Hall–Kier alpha value is -4.39. The van der Waals surface area contributed by atoms with Crippen LogP contribution in [0.1, 0.15) is 27.0 Å². The van der Waals surface area contributed by atoms with E-state index < -0.39 is 23.5 Å². The van der Waals surface area contributed by atoms with E-state index in [9.17, 15) is 19.5 Å². The molecule has 0 atom stereocenters. The number of benzene rings is 3. The Morgan fingerprint density at radius 2 is 1.34 bits per heavy atom. The first-order valence-electron chi connectivity index (χ1n) is 9.73. The van der Waals surface area contributed by atoms with Crippen molar-refractivity contribution in [3.63, 3.8) is 0 Å². The first kappa shape index (κ1) is 22.3. The number of aromatic carboxylic acids is 1. The molecule has 0 heterocycles. The molecule has 0 aliphatic heterocycles. The summed E-state index contributed by atoms with van der Waals surface area (Å²) in [6, 6.07) is 23.1. The Bertz CT molecular complexity index is 1150. The largest absolute Gasteiger partial charge is 0.507 e. The van der Waals surface area contributed by atoms with Crippen molar-refractivity contribution in [3.05, 3.63) is 107 Å². The number of carbonyl (C=O) groups excluding carboxylic acids is 1. The fourth-order valence-electron chi connectivity index (χ4n) is 3.15. The number of anilines is 1. The number of hydrogen-bond donors (Lipinski definition) is 3. The summed E-state index contributed by atoms with van der Waals surface area (Å²) in [6.07, 6.45) is 0.674. The molecule has 0 aliphatic carbocycles. The number of rotatable bonds is 9. The van der Waals surface area contributed by atoms with E-state index >= 15 is 0 Å². The van der Waals surface area contributed by atoms with Crippen LogP contribution in [0.15, 0.2) is 84.9 Å². The van der Waals surface area contributed by atoms with Gasteiger partial charge in [-0.15, -0.1) is 0 Å². The quantitative estimate of drug-likeness (QED) is 0.265. The van der Waals surface area contributed by atoms with Crippen molar-refractivity contribution in [2.75, 3.05) is 4.90 Å². The van der Waals surface area contributed by atoms with Crippen LogP contribution in [0.2, 0.25) is 0 Å². The maximum absolute atomic E-state index is 11.4. The third-order valence-corrected chi connectivity index (χ3v) is 4.78. The number of carboxylic acids is 2. The van der Waals surface area contributed by atoms with Crippen LogP contribution >= 0.6 is 0 Å². The van der Waals surface area contributed by atoms with Crippen molar-refractivity contribution < 1.29 is 29.7 Å². The molecule has 0 radical (unpaired) electrons. The Morgan fingerprint density at radius 1 is 0.719 bits per heavy atom. The maximum Gasteiger partial charge on any atom is 0.376 e. The van der Waals surface area contributed by atoms with Crippen LogP contribution in [0, 0.1) is 0 Å². The van der Waals surface area contributed by atoms with Gasteiger partial charge in [-0.1, -0.05) is 54.6 Å². The van der Waals surface area contributed by atoms with E-state index in [1.54, 1.807) is 42.5 Å². The Kier molecular flexibility index (Phi) is 7.02. The molecule has 3 aromatic carbocycles. The van der Waals surface area contributed by atoms with Crippen LogP contribution in [-0.2, 0) is 22.7 Å². The van der Waals surface area contributed by atoms with Gasteiger partial charge in [-0.3, -0.25) is 4.79 Å².